The number of hydrogen-bond acceptors (Lipinski definition) is 6. The van der Waals surface area contributed by atoms with Crippen molar-refractivity contribution in [1.29, 1.82) is 5.26 Å². The molecule has 1 rings (SSSR count). The van der Waals surface area contributed by atoms with Gasteiger partial charge in [0.25, 0.3) is 0 Å². The van der Waals surface area contributed by atoms with Crippen LogP contribution in [0.1, 0.15) is 34.1 Å². The average Bonchev–Trinajstić information content (AvgIpc) is 2.55. The van der Waals surface area contributed by atoms with E-state index in [9.17, 15) is 13.7 Å². The molecule has 1 aliphatic heterocycles. The highest BCUT2D eigenvalue weighted by atomic mass is 32.2. The molecule has 0 aromatic carbocycles. The summed E-state index contributed by atoms with van der Waals surface area (Å²) in [5, 5.41) is 13.3. The van der Waals surface area contributed by atoms with Crippen LogP contribution < -0.4 is 5.43 Å². The van der Waals surface area contributed by atoms with E-state index in [4.69, 9.17) is 0 Å². The molecule has 8 heteroatoms. The van der Waals surface area contributed by atoms with Crippen molar-refractivity contribution in [2.45, 2.75) is 40.2 Å². The zero-order valence-corrected chi connectivity index (χ0v) is 17.1. The Morgan fingerprint density at radius 1 is 1.50 bits per heavy atom. The van der Waals surface area contributed by atoms with Gasteiger partial charge >= 0.3 is 0 Å². The fourth-order valence-electron chi connectivity index (χ4n) is 2.77. The molecule has 0 bridgehead atoms. The molecule has 1 aliphatic rings. The summed E-state index contributed by atoms with van der Waals surface area (Å²) in [7, 11) is -3.28. The molecule has 0 atom stereocenters. The van der Waals surface area contributed by atoms with Crippen molar-refractivity contribution in [2.75, 3.05) is 25.9 Å². The predicted molar refractivity (Wildman–Crippen MR) is 106 cm³/mol. The molecule has 1 heterocycles. The molecule has 0 spiro atoms. The Morgan fingerprint density at radius 2 is 2.15 bits per heavy atom. The summed E-state index contributed by atoms with van der Waals surface area (Å²) < 4.78 is 25.5. The third kappa shape index (κ3) is 6.32. The van der Waals surface area contributed by atoms with Crippen LogP contribution >= 0.6 is 0 Å². The van der Waals surface area contributed by atoms with Crippen molar-refractivity contribution in [3.05, 3.63) is 35.2 Å². The third-order valence-electron chi connectivity index (χ3n) is 4.02. The molecule has 1 N–H and O–H groups in total. The van der Waals surface area contributed by atoms with Crippen molar-refractivity contribution in [1.82, 2.24) is 14.6 Å². The molecule has 144 valence electrons. The molecule has 0 aromatic rings. The summed E-state index contributed by atoms with van der Waals surface area (Å²) in [6.45, 7) is 13.0. The second-order valence-corrected chi connectivity index (χ2v) is 8.48. The second kappa shape index (κ2) is 9.55. The quantitative estimate of drug-likeness (QED) is 0.653. The van der Waals surface area contributed by atoms with E-state index in [1.165, 1.54) is 10.6 Å². The van der Waals surface area contributed by atoms with Crippen molar-refractivity contribution in [3.8, 4) is 6.07 Å². The lowest BCUT2D eigenvalue weighted by atomic mass is 10.1. The van der Waals surface area contributed by atoms with E-state index in [1.54, 1.807) is 13.1 Å². The van der Waals surface area contributed by atoms with E-state index in [1.807, 2.05) is 26.8 Å². The number of sulfonamides is 1. The van der Waals surface area contributed by atoms with Gasteiger partial charge in [-0.3, -0.25) is 5.43 Å². The number of hydrazone groups is 1. The zero-order valence-electron chi connectivity index (χ0n) is 16.3. The highest BCUT2D eigenvalue weighted by Crippen LogP contribution is 2.20. The number of nitrogens with one attached hydrogen (secondary N) is 1. The molecule has 0 aromatic heterocycles. The molecule has 0 amide bonds. The lowest BCUT2D eigenvalue weighted by molar-refractivity contribution is 0.290. The van der Waals surface area contributed by atoms with Gasteiger partial charge in [-0.25, -0.2) is 8.42 Å². The maximum atomic E-state index is 12.0. The van der Waals surface area contributed by atoms with E-state index in [-0.39, 0.29) is 6.04 Å². The minimum atomic E-state index is -3.28. The predicted octanol–water partition coefficient (Wildman–Crippen LogP) is 2.20. The van der Waals surface area contributed by atoms with Crippen LogP contribution in [0.5, 0.6) is 0 Å². The first-order valence-corrected chi connectivity index (χ1v) is 10.4. The van der Waals surface area contributed by atoms with Gasteiger partial charge in [0, 0.05) is 54.6 Å². The molecule has 0 radical (unpaired) electrons. The Bertz CT molecular complexity index is 757. The lowest BCUT2D eigenvalue weighted by Gasteiger charge is -2.31. The Balaban J connectivity index is 3.20. The van der Waals surface area contributed by atoms with Crippen molar-refractivity contribution >= 4 is 16.2 Å². The molecule has 0 fully saturated rings. The Kier molecular flexibility index (Phi) is 8.06. The van der Waals surface area contributed by atoms with Gasteiger partial charge in [0.05, 0.1) is 18.5 Å². The number of likely N-dealkylation sites (N-methyl/N-ethyl adjacent to an activating group) is 1. The maximum Gasteiger partial charge on any atom is 0.211 e. The monoisotopic (exact) mass is 379 g/mol. The highest BCUT2D eigenvalue weighted by molar-refractivity contribution is 7.88. The number of hydrogen-bond donors (Lipinski definition) is 1. The average molecular weight is 380 g/mol. The maximum absolute atomic E-state index is 12.0. The summed E-state index contributed by atoms with van der Waals surface area (Å²) in [6.07, 6.45) is 5.38. The molecule has 7 nitrogen and oxygen atoms in total. The highest BCUT2D eigenvalue weighted by Gasteiger charge is 2.22. The molecule has 0 aliphatic carbocycles. The van der Waals surface area contributed by atoms with Crippen LogP contribution in [0.15, 0.2) is 40.3 Å². The number of allylic oxidation sites excluding steroid dienone is 3. The number of nitrogens with zero attached hydrogens (tertiary/aromatic N) is 4. The van der Waals surface area contributed by atoms with Gasteiger partial charge in [0.15, 0.2) is 0 Å². The fraction of sp³-hybridized carbons (Fsp3) is 0.556. The van der Waals surface area contributed by atoms with Crippen molar-refractivity contribution < 1.29 is 8.42 Å². The minimum absolute atomic E-state index is 0.114. The first-order chi connectivity index (χ1) is 12.1. The van der Waals surface area contributed by atoms with E-state index in [2.05, 4.69) is 28.1 Å². The van der Waals surface area contributed by atoms with Gasteiger partial charge in [-0.2, -0.15) is 14.7 Å². The van der Waals surface area contributed by atoms with Gasteiger partial charge in [-0.15, -0.1) is 0 Å². The van der Waals surface area contributed by atoms with E-state index >= 15 is 0 Å². The van der Waals surface area contributed by atoms with Gasteiger partial charge < -0.3 is 4.90 Å². The second-order valence-electron chi connectivity index (χ2n) is 6.55. The van der Waals surface area contributed by atoms with E-state index in [0.717, 1.165) is 17.0 Å². The molecular weight excluding hydrogens is 350 g/mol. The first-order valence-electron chi connectivity index (χ1n) is 8.60. The standard InChI is InChI=1S/C18H29N5O2S/c1-7-22(8-9-23(14(2)3)26(6,24)25)18(10-15(4)12-19)17-11-16(5)21-20-13-17/h10,13-14,21H,5,7-9,11H2,1-4,6H3/b15-10+,18-17-. The molecule has 0 saturated carbocycles. The van der Waals surface area contributed by atoms with Crippen LogP contribution in [0, 0.1) is 11.3 Å². The minimum Gasteiger partial charge on any atom is -0.370 e. The van der Waals surface area contributed by atoms with Crippen LogP contribution in [0.4, 0.5) is 0 Å². The largest absolute Gasteiger partial charge is 0.370 e. The van der Waals surface area contributed by atoms with E-state index < -0.39 is 10.0 Å². The summed E-state index contributed by atoms with van der Waals surface area (Å²) >= 11 is 0. The summed E-state index contributed by atoms with van der Waals surface area (Å²) in [6, 6.07) is 2.03. The molecule has 0 unspecified atom stereocenters. The SMILES string of the molecule is C=C1C/C(=C(\C=C(/C)C#N)N(CC)CCN(C(C)C)S(C)(=O)=O)C=NN1. The fourth-order valence-corrected chi connectivity index (χ4v) is 3.95. The lowest BCUT2D eigenvalue weighted by Crippen LogP contribution is -2.42. The van der Waals surface area contributed by atoms with Gasteiger partial charge in [0.1, 0.15) is 0 Å². The topological polar surface area (TPSA) is 88.8 Å². The van der Waals surface area contributed by atoms with Crippen molar-refractivity contribution in [2.24, 2.45) is 5.10 Å². The van der Waals surface area contributed by atoms with Crippen LogP contribution in [-0.4, -0.2) is 55.8 Å². The van der Waals surface area contributed by atoms with Crippen LogP contribution in [0.2, 0.25) is 0 Å². The van der Waals surface area contributed by atoms with Gasteiger partial charge in [-0.05, 0) is 33.8 Å². The molecule has 26 heavy (non-hydrogen) atoms. The zero-order chi connectivity index (χ0) is 19.9. The van der Waals surface area contributed by atoms with Crippen LogP contribution in [-0.2, 0) is 10.0 Å². The summed E-state index contributed by atoms with van der Waals surface area (Å²) in [5.74, 6) is 0. The number of nitriles is 1. The van der Waals surface area contributed by atoms with E-state index in [0.29, 0.717) is 31.6 Å². The van der Waals surface area contributed by atoms with Gasteiger partial charge in [-0.1, -0.05) is 6.58 Å². The molecule has 0 saturated heterocycles. The van der Waals surface area contributed by atoms with Crippen LogP contribution in [0.3, 0.4) is 0 Å². The smallest absolute Gasteiger partial charge is 0.211 e. The Labute approximate surface area is 157 Å². The Morgan fingerprint density at radius 3 is 2.62 bits per heavy atom. The van der Waals surface area contributed by atoms with Crippen LogP contribution in [0.25, 0.3) is 0 Å². The third-order valence-corrected chi connectivity index (χ3v) is 5.48. The Hall–Kier alpha value is -2.11. The summed E-state index contributed by atoms with van der Waals surface area (Å²) in [5.41, 5.74) is 5.99. The summed E-state index contributed by atoms with van der Waals surface area (Å²) in [4.78, 5) is 2.07. The first kappa shape index (κ1) is 21.9. The normalized spacial score (nSPS) is 17.3. The number of rotatable bonds is 8. The van der Waals surface area contributed by atoms with Crippen molar-refractivity contribution in [3.63, 3.8) is 0 Å². The molecular formula is C18H29N5O2S. The van der Waals surface area contributed by atoms with Gasteiger partial charge in [0.2, 0.25) is 10.0 Å².